The van der Waals surface area contributed by atoms with Crippen LogP contribution in [-0.4, -0.2) is 43.2 Å². The van der Waals surface area contributed by atoms with Gasteiger partial charge in [-0.2, -0.15) is 0 Å². The lowest BCUT2D eigenvalue weighted by atomic mass is 9.99. The van der Waals surface area contributed by atoms with Crippen molar-refractivity contribution in [3.8, 4) is 0 Å². The third-order valence-corrected chi connectivity index (χ3v) is 6.83. The molecule has 0 radical (unpaired) electrons. The summed E-state index contributed by atoms with van der Waals surface area (Å²) >= 11 is 0. The van der Waals surface area contributed by atoms with Crippen LogP contribution >= 0.6 is 0 Å². The van der Waals surface area contributed by atoms with Crippen LogP contribution in [0.15, 0.2) is 29.1 Å². The van der Waals surface area contributed by atoms with Gasteiger partial charge >= 0.3 is 0 Å². The molecule has 2 fully saturated rings. The number of benzene rings is 1. The highest BCUT2D eigenvalue weighted by Crippen LogP contribution is 2.34. The maximum atomic E-state index is 13.2. The van der Waals surface area contributed by atoms with E-state index in [4.69, 9.17) is 0 Å². The summed E-state index contributed by atoms with van der Waals surface area (Å²) in [5.74, 6) is 0.820. The van der Waals surface area contributed by atoms with Crippen molar-refractivity contribution in [1.29, 1.82) is 0 Å². The molecule has 1 aliphatic heterocycles. The predicted octanol–water partition coefficient (Wildman–Crippen LogP) is 3.77. The normalized spacial score (nSPS) is 19.5. The summed E-state index contributed by atoms with van der Waals surface area (Å²) in [7, 11) is 0. The molecular weight excluding hydrogens is 376 g/mol. The SMILES string of the molecule is CCc1ccc2[nH]c(=O)c([C@@H](c3nnnn3C3CCCC3)N3CCCCC3)cc2c1. The molecule has 0 spiro atoms. The molecule has 1 saturated heterocycles. The molecular formula is C23H30N6O. The van der Waals surface area contributed by atoms with E-state index >= 15 is 0 Å². The third kappa shape index (κ3) is 3.55. The van der Waals surface area contributed by atoms with E-state index in [2.05, 4.69) is 50.5 Å². The van der Waals surface area contributed by atoms with Crippen LogP contribution in [0.25, 0.3) is 10.9 Å². The number of hydrogen-bond acceptors (Lipinski definition) is 5. The Bertz CT molecular complexity index is 1070. The van der Waals surface area contributed by atoms with Crippen molar-refractivity contribution in [3.05, 3.63) is 51.6 Å². The quantitative estimate of drug-likeness (QED) is 0.698. The number of hydrogen-bond donors (Lipinski definition) is 1. The van der Waals surface area contributed by atoms with Crippen LogP contribution in [-0.2, 0) is 6.42 Å². The van der Waals surface area contributed by atoms with Gasteiger partial charge in [-0.15, -0.1) is 5.10 Å². The zero-order valence-corrected chi connectivity index (χ0v) is 17.7. The van der Waals surface area contributed by atoms with Gasteiger partial charge in [0.1, 0.15) is 6.04 Å². The van der Waals surface area contributed by atoms with Crippen molar-refractivity contribution in [2.75, 3.05) is 13.1 Å². The Balaban J connectivity index is 1.65. The maximum Gasteiger partial charge on any atom is 0.253 e. The molecule has 3 aromatic rings. The molecule has 1 atom stereocenters. The van der Waals surface area contributed by atoms with Crippen LogP contribution in [0.5, 0.6) is 0 Å². The minimum Gasteiger partial charge on any atom is -0.322 e. The number of piperidine rings is 1. The number of nitrogens with one attached hydrogen (secondary N) is 1. The molecule has 7 heteroatoms. The number of tetrazole rings is 1. The molecule has 0 amide bonds. The summed E-state index contributed by atoms with van der Waals surface area (Å²) < 4.78 is 2.01. The average molecular weight is 407 g/mol. The number of nitrogens with zero attached hydrogens (tertiary/aromatic N) is 5. The number of likely N-dealkylation sites (tertiary alicyclic amines) is 1. The van der Waals surface area contributed by atoms with Gasteiger partial charge in [-0.3, -0.25) is 9.69 Å². The monoisotopic (exact) mass is 406 g/mol. The summed E-state index contributed by atoms with van der Waals surface area (Å²) in [6.07, 6.45) is 9.16. The van der Waals surface area contributed by atoms with Gasteiger partial charge in [0.2, 0.25) is 0 Å². The van der Waals surface area contributed by atoms with Crippen molar-refractivity contribution in [3.63, 3.8) is 0 Å². The molecule has 158 valence electrons. The second-order valence-corrected chi connectivity index (χ2v) is 8.75. The highest BCUT2D eigenvalue weighted by molar-refractivity contribution is 5.80. The first-order valence-electron chi connectivity index (χ1n) is 11.4. The fourth-order valence-corrected chi connectivity index (χ4v) is 5.16. The minimum atomic E-state index is -0.209. The number of fused-ring (bicyclic) bond motifs is 1. The maximum absolute atomic E-state index is 13.2. The summed E-state index contributed by atoms with van der Waals surface area (Å²) in [5.41, 5.74) is 2.87. The molecule has 1 saturated carbocycles. The Kier molecular flexibility index (Phi) is 5.37. The Morgan fingerprint density at radius 1 is 1.10 bits per heavy atom. The first-order valence-corrected chi connectivity index (χ1v) is 11.4. The van der Waals surface area contributed by atoms with Gasteiger partial charge in [0.25, 0.3) is 5.56 Å². The van der Waals surface area contributed by atoms with Gasteiger partial charge in [-0.25, -0.2) is 4.68 Å². The van der Waals surface area contributed by atoms with Crippen molar-refractivity contribution >= 4 is 10.9 Å². The van der Waals surface area contributed by atoms with Crippen molar-refractivity contribution in [2.45, 2.75) is 70.4 Å². The fraction of sp³-hybridized carbons (Fsp3) is 0.565. The van der Waals surface area contributed by atoms with Gasteiger partial charge < -0.3 is 4.98 Å². The van der Waals surface area contributed by atoms with E-state index in [0.29, 0.717) is 6.04 Å². The predicted molar refractivity (Wildman–Crippen MR) is 117 cm³/mol. The van der Waals surface area contributed by atoms with E-state index in [1.54, 1.807) is 0 Å². The molecule has 1 aliphatic carbocycles. The number of aromatic nitrogens is 5. The Hall–Kier alpha value is -2.54. The standard InChI is InChI=1S/C23H30N6O/c1-2-16-10-11-20-17(14-16)15-19(23(30)24-20)21(28-12-6-3-7-13-28)22-25-26-27-29(22)18-8-4-5-9-18/h10-11,14-15,18,21H,2-9,12-13H2,1H3,(H,24,30)/t21-/m0/s1. The lowest BCUT2D eigenvalue weighted by Gasteiger charge is -2.34. The first kappa shape index (κ1) is 19.4. The van der Waals surface area contributed by atoms with E-state index in [9.17, 15) is 4.79 Å². The Morgan fingerprint density at radius 3 is 2.67 bits per heavy atom. The summed E-state index contributed by atoms with van der Waals surface area (Å²) in [6.45, 7) is 4.09. The number of H-pyrrole nitrogens is 1. The molecule has 7 nitrogen and oxygen atoms in total. The largest absolute Gasteiger partial charge is 0.322 e. The average Bonchev–Trinajstić information content (AvgIpc) is 3.47. The Morgan fingerprint density at radius 2 is 1.90 bits per heavy atom. The number of rotatable bonds is 5. The zero-order valence-electron chi connectivity index (χ0n) is 17.7. The van der Waals surface area contributed by atoms with E-state index in [-0.39, 0.29) is 11.6 Å². The fourth-order valence-electron chi connectivity index (χ4n) is 5.16. The first-order chi connectivity index (χ1) is 14.7. The zero-order chi connectivity index (χ0) is 20.5. The Labute approximate surface area is 176 Å². The van der Waals surface area contributed by atoms with E-state index in [1.807, 2.05) is 10.7 Å². The van der Waals surface area contributed by atoms with Crippen LogP contribution in [0.2, 0.25) is 0 Å². The van der Waals surface area contributed by atoms with Gasteiger partial charge in [0.05, 0.1) is 6.04 Å². The highest BCUT2D eigenvalue weighted by Gasteiger charge is 2.33. The second kappa shape index (κ2) is 8.30. The van der Waals surface area contributed by atoms with Crippen molar-refractivity contribution in [2.24, 2.45) is 0 Å². The van der Waals surface area contributed by atoms with Gasteiger partial charge in [0.15, 0.2) is 5.82 Å². The number of pyridine rings is 1. The van der Waals surface area contributed by atoms with Crippen LogP contribution in [0.1, 0.15) is 80.9 Å². The molecule has 30 heavy (non-hydrogen) atoms. The lowest BCUT2D eigenvalue weighted by molar-refractivity contribution is 0.174. The summed E-state index contributed by atoms with van der Waals surface area (Å²) in [6, 6.07) is 8.48. The topological polar surface area (TPSA) is 79.7 Å². The highest BCUT2D eigenvalue weighted by atomic mass is 16.1. The lowest BCUT2D eigenvalue weighted by Crippen LogP contribution is -2.38. The molecule has 1 aromatic carbocycles. The van der Waals surface area contributed by atoms with Crippen LogP contribution in [0.4, 0.5) is 0 Å². The van der Waals surface area contributed by atoms with E-state index < -0.39 is 0 Å². The number of aryl methyl sites for hydroxylation is 1. The van der Waals surface area contributed by atoms with Gasteiger partial charge in [0, 0.05) is 11.1 Å². The van der Waals surface area contributed by atoms with Crippen LogP contribution in [0.3, 0.4) is 0 Å². The molecule has 5 rings (SSSR count). The third-order valence-electron chi connectivity index (χ3n) is 6.83. The number of aromatic amines is 1. The van der Waals surface area contributed by atoms with Gasteiger partial charge in [-0.1, -0.05) is 32.3 Å². The van der Waals surface area contributed by atoms with Crippen LogP contribution in [0, 0.1) is 0 Å². The smallest absolute Gasteiger partial charge is 0.253 e. The van der Waals surface area contributed by atoms with E-state index in [1.165, 1.54) is 24.8 Å². The molecule has 0 bridgehead atoms. The molecule has 0 unspecified atom stereocenters. The van der Waals surface area contributed by atoms with Gasteiger partial charge in [-0.05, 0) is 84.8 Å². The molecule has 2 aromatic heterocycles. The molecule has 1 N–H and O–H groups in total. The summed E-state index contributed by atoms with van der Waals surface area (Å²) in [4.78, 5) is 18.8. The van der Waals surface area contributed by atoms with Crippen molar-refractivity contribution < 1.29 is 0 Å². The van der Waals surface area contributed by atoms with Crippen molar-refractivity contribution in [1.82, 2.24) is 30.1 Å². The summed E-state index contributed by atoms with van der Waals surface area (Å²) in [5, 5.41) is 14.0. The molecule has 2 aliphatic rings. The molecule has 3 heterocycles. The van der Waals surface area contributed by atoms with E-state index in [0.717, 1.165) is 67.5 Å². The second-order valence-electron chi connectivity index (χ2n) is 8.75. The van der Waals surface area contributed by atoms with Crippen LogP contribution < -0.4 is 5.56 Å². The minimum absolute atomic E-state index is 0.0386.